The Morgan fingerprint density at radius 3 is 2.54 bits per heavy atom. The maximum atomic E-state index is 14.4. The van der Waals surface area contributed by atoms with E-state index in [9.17, 15) is 18.0 Å². The molecule has 0 radical (unpaired) electrons. The van der Waals surface area contributed by atoms with Crippen LogP contribution in [0.4, 0.5) is 13.2 Å². The second-order valence-electron chi connectivity index (χ2n) is 12.5. The zero-order valence-electron chi connectivity index (χ0n) is 25.0. The Hall–Kier alpha value is -1.88. The molecule has 4 aliphatic rings. The number of rotatable bonds is 6. The molecule has 4 heterocycles. The minimum absolute atomic E-state index is 0.124. The average molecular weight is 551 g/mol. The van der Waals surface area contributed by atoms with E-state index in [1.165, 1.54) is 36.2 Å². The van der Waals surface area contributed by atoms with Crippen LogP contribution >= 0.6 is 0 Å². The summed E-state index contributed by atoms with van der Waals surface area (Å²) in [6.45, 7) is 1.61. The number of hydrogen-bond acceptors (Lipinski definition) is 5. The molecule has 0 aromatic carbocycles. The van der Waals surface area contributed by atoms with Crippen LogP contribution < -0.4 is 16.5 Å². The Balaban J connectivity index is 1.35. The van der Waals surface area contributed by atoms with Gasteiger partial charge in [-0.3, -0.25) is 18.8 Å². The monoisotopic (exact) mass is 550 g/mol. The van der Waals surface area contributed by atoms with Crippen LogP contribution in [-0.2, 0) is 12.7 Å². The number of piperidine rings is 1. The molecule has 2 N–H and O–H groups in total. The van der Waals surface area contributed by atoms with Crippen molar-refractivity contribution in [2.45, 2.75) is 89.6 Å². The number of halogens is 3. The van der Waals surface area contributed by atoms with Crippen molar-refractivity contribution < 1.29 is 15.9 Å². The summed E-state index contributed by atoms with van der Waals surface area (Å²) in [5.74, 6) is 1.64. The number of alkyl halides is 3. The summed E-state index contributed by atoms with van der Waals surface area (Å²) >= 11 is 0. The molecule has 39 heavy (non-hydrogen) atoms. The van der Waals surface area contributed by atoms with Gasteiger partial charge in [0.15, 0.2) is 0 Å². The SMILES string of the molecule is [2H]C([2H])(c1cc(C(F)(F)F)c2cn(C3CCCC([C@@H](C4CCC4)C4NNCN4C)C3)c(=O)n2c1)N1CCC[C@H](C)C1. The van der Waals surface area contributed by atoms with Gasteiger partial charge in [0.25, 0.3) is 0 Å². The minimum atomic E-state index is -4.72. The number of hydrazine groups is 1. The third-order valence-corrected chi connectivity index (χ3v) is 9.78. The summed E-state index contributed by atoms with van der Waals surface area (Å²) in [6, 6.07) is 0.733. The van der Waals surface area contributed by atoms with Crippen molar-refractivity contribution in [2.24, 2.45) is 23.7 Å². The van der Waals surface area contributed by atoms with Crippen LogP contribution in [0, 0.1) is 23.7 Å². The normalized spacial score (nSPS) is 31.7. The lowest BCUT2D eigenvalue weighted by Crippen LogP contribution is -2.50. The zero-order valence-corrected chi connectivity index (χ0v) is 23.0. The fourth-order valence-corrected chi connectivity index (χ4v) is 7.63. The van der Waals surface area contributed by atoms with E-state index in [-0.39, 0.29) is 29.2 Å². The van der Waals surface area contributed by atoms with Crippen LogP contribution in [0.2, 0.25) is 0 Å². The molecule has 0 amide bonds. The van der Waals surface area contributed by atoms with Gasteiger partial charge in [0.2, 0.25) is 0 Å². The molecule has 6 rings (SSSR count). The molecule has 5 atom stereocenters. The van der Waals surface area contributed by atoms with E-state index < -0.39 is 23.9 Å². The van der Waals surface area contributed by atoms with Gasteiger partial charge in [-0.1, -0.05) is 32.6 Å². The van der Waals surface area contributed by atoms with Gasteiger partial charge < -0.3 is 0 Å². The second-order valence-corrected chi connectivity index (χ2v) is 12.5. The highest BCUT2D eigenvalue weighted by Gasteiger charge is 2.44. The number of nitrogens with one attached hydrogen (secondary N) is 2. The third-order valence-electron chi connectivity index (χ3n) is 9.78. The maximum Gasteiger partial charge on any atom is 0.418 e. The number of imidazole rings is 1. The number of likely N-dealkylation sites (tertiary alicyclic amines) is 1. The largest absolute Gasteiger partial charge is 0.418 e. The minimum Gasteiger partial charge on any atom is -0.299 e. The number of hydrogen-bond donors (Lipinski definition) is 2. The summed E-state index contributed by atoms with van der Waals surface area (Å²) < 4.78 is 63.4. The Labute approximate surface area is 231 Å². The number of aromatic nitrogens is 2. The van der Waals surface area contributed by atoms with E-state index in [1.807, 2.05) is 6.92 Å². The molecule has 0 bridgehead atoms. The lowest BCUT2D eigenvalue weighted by molar-refractivity contribution is -0.136. The van der Waals surface area contributed by atoms with E-state index >= 15 is 0 Å². The van der Waals surface area contributed by atoms with Crippen molar-refractivity contribution in [3.8, 4) is 0 Å². The Morgan fingerprint density at radius 2 is 1.87 bits per heavy atom. The third kappa shape index (κ3) is 5.42. The highest BCUT2D eigenvalue weighted by molar-refractivity contribution is 5.56. The van der Waals surface area contributed by atoms with E-state index in [2.05, 4.69) is 22.8 Å². The molecule has 2 aromatic rings. The Morgan fingerprint density at radius 1 is 1.10 bits per heavy atom. The summed E-state index contributed by atoms with van der Waals surface area (Å²) in [7, 11) is 2.11. The summed E-state index contributed by atoms with van der Waals surface area (Å²) in [4.78, 5) is 17.7. The molecule has 7 nitrogen and oxygen atoms in total. The van der Waals surface area contributed by atoms with E-state index in [0.717, 1.165) is 55.7 Å². The first-order chi connectivity index (χ1) is 19.4. The van der Waals surface area contributed by atoms with Gasteiger partial charge in [-0.25, -0.2) is 15.6 Å². The lowest BCUT2D eigenvalue weighted by Gasteiger charge is -2.46. The first-order valence-corrected chi connectivity index (χ1v) is 14.7. The molecule has 2 saturated heterocycles. The van der Waals surface area contributed by atoms with Crippen LogP contribution in [-0.4, -0.2) is 51.7 Å². The van der Waals surface area contributed by atoms with Crippen LogP contribution in [0.15, 0.2) is 23.3 Å². The topological polar surface area (TPSA) is 57.0 Å². The molecule has 2 saturated carbocycles. The molecular weight excluding hydrogens is 505 g/mol. The average Bonchev–Trinajstić information content (AvgIpc) is 3.47. The standard InChI is InChI=1S/C29H43F3N6O/c1-19-6-5-11-36(14-19)15-20-12-24(29(30,31)32)25-17-37(28(39)38(25)16-20)23-10-4-9-22(13-23)26(21-7-3-8-21)27-34-33-18-35(27)2/h12,16-17,19,21-23,26-27,33-34H,3-11,13-15,18H2,1-2H3/t19-,22?,23?,26+,27?/m0/s1/i15D2. The van der Waals surface area contributed by atoms with E-state index in [1.54, 1.807) is 4.90 Å². The molecule has 4 fully saturated rings. The Kier molecular flexibility index (Phi) is 6.91. The lowest BCUT2D eigenvalue weighted by atomic mass is 9.65. The predicted molar refractivity (Wildman–Crippen MR) is 145 cm³/mol. The van der Waals surface area contributed by atoms with Gasteiger partial charge in [0.1, 0.15) is 0 Å². The fraction of sp³-hybridized carbons (Fsp3) is 0.759. The molecule has 10 heteroatoms. The van der Waals surface area contributed by atoms with Crippen molar-refractivity contribution in [3.05, 3.63) is 40.1 Å². The molecular formula is C29H43F3N6O. The molecule has 0 spiro atoms. The van der Waals surface area contributed by atoms with Crippen molar-refractivity contribution in [3.63, 3.8) is 0 Å². The van der Waals surface area contributed by atoms with Gasteiger partial charge >= 0.3 is 11.9 Å². The van der Waals surface area contributed by atoms with Crippen molar-refractivity contribution in [2.75, 3.05) is 26.8 Å². The first kappa shape index (κ1) is 24.9. The molecule has 216 valence electrons. The van der Waals surface area contributed by atoms with Gasteiger partial charge in [0, 0.05) is 34.2 Å². The smallest absolute Gasteiger partial charge is 0.299 e. The van der Waals surface area contributed by atoms with E-state index in [0.29, 0.717) is 30.8 Å². The van der Waals surface area contributed by atoms with Gasteiger partial charge in [-0.15, -0.1) is 0 Å². The highest BCUT2D eigenvalue weighted by Crippen LogP contribution is 2.47. The van der Waals surface area contributed by atoms with E-state index in [4.69, 9.17) is 2.74 Å². The summed E-state index contributed by atoms with van der Waals surface area (Å²) in [6.07, 6.45) is 7.03. The fourth-order valence-electron chi connectivity index (χ4n) is 7.63. The first-order valence-electron chi connectivity index (χ1n) is 15.7. The molecule has 3 unspecified atom stereocenters. The number of pyridine rings is 1. The van der Waals surface area contributed by atoms with Crippen LogP contribution in [0.1, 0.15) is 84.6 Å². The van der Waals surface area contributed by atoms with Gasteiger partial charge in [-0.05, 0) is 81.0 Å². The summed E-state index contributed by atoms with van der Waals surface area (Å²) in [5, 5.41) is 0. The van der Waals surface area contributed by atoms with Crippen molar-refractivity contribution >= 4 is 5.52 Å². The maximum absolute atomic E-state index is 14.4. The van der Waals surface area contributed by atoms with Crippen LogP contribution in [0.25, 0.3) is 5.52 Å². The predicted octanol–water partition coefficient (Wildman–Crippen LogP) is 4.82. The zero-order chi connectivity index (χ0) is 29.1. The number of nitrogens with zero attached hydrogens (tertiary/aromatic N) is 4. The van der Waals surface area contributed by atoms with Crippen LogP contribution in [0.5, 0.6) is 0 Å². The van der Waals surface area contributed by atoms with Gasteiger partial charge in [-0.2, -0.15) is 13.2 Å². The Bertz CT molecular complexity index is 1310. The van der Waals surface area contributed by atoms with Crippen molar-refractivity contribution in [1.82, 2.24) is 29.6 Å². The van der Waals surface area contributed by atoms with Gasteiger partial charge in [0.05, 0.1) is 23.9 Å². The second kappa shape index (κ2) is 10.8. The van der Waals surface area contributed by atoms with Crippen LogP contribution in [0.3, 0.4) is 0 Å². The quantitative estimate of drug-likeness (QED) is 0.540. The number of fused-ring (bicyclic) bond motifs is 1. The molecule has 2 aliphatic heterocycles. The molecule has 2 aliphatic carbocycles. The highest BCUT2D eigenvalue weighted by atomic mass is 19.4. The van der Waals surface area contributed by atoms with Crippen molar-refractivity contribution in [1.29, 1.82) is 0 Å². The molecule has 2 aromatic heterocycles. The summed E-state index contributed by atoms with van der Waals surface area (Å²) in [5.41, 5.74) is 4.91.